The molecule has 1 atom stereocenters. The molecule has 1 aliphatic heterocycles. The molecule has 0 saturated carbocycles. The van der Waals surface area contributed by atoms with E-state index in [1.54, 1.807) is 13.2 Å². The highest BCUT2D eigenvalue weighted by atomic mass is 16.5. The van der Waals surface area contributed by atoms with E-state index in [1.807, 2.05) is 43.3 Å². The lowest BCUT2D eigenvalue weighted by molar-refractivity contribution is 0.414. The van der Waals surface area contributed by atoms with Gasteiger partial charge in [0.25, 0.3) is 0 Å². The van der Waals surface area contributed by atoms with Crippen LogP contribution in [-0.2, 0) is 0 Å². The van der Waals surface area contributed by atoms with Gasteiger partial charge in [0.15, 0.2) is 0 Å². The van der Waals surface area contributed by atoms with Crippen LogP contribution in [0.4, 0.5) is 0 Å². The minimum absolute atomic E-state index is 0.0609. The minimum atomic E-state index is 0.0609. The molecule has 1 aliphatic rings. The van der Waals surface area contributed by atoms with E-state index in [-0.39, 0.29) is 11.8 Å². The molecule has 0 saturated heterocycles. The van der Waals surface area contributed by atoms with Crippen molar-refractivity contribution in [3.05, 3.63) is 65.2 Å². The molecule has 108 valence electrons. The predicted molar refractivity (Wildman–Crippen MR) is 82.8 cm³/mol. The SMILES string of the molecule is COc1ccc([C@@H]2C=C(c3cc(C)ccc3O)NN2)cc1. The number of rotatable bonds is 3. The summed E-state index contributed by atoms with van der Waals surface area (Å²) in [5.74, 6) is 1.11. The summed E-state index contributed by atoms with van der Waals surface area (Å²) in [5, 5.41) is 10.00. The Kier molecular flexibility index (Phi) is 3.54. The Morgan fingerprint density at radius 1 is 1.10 bits per heavy atom. The van der Waals surface area contributed by atoms with Gasteiger partial charge < -0.3 is 15.3 Å². The third-order valence-electron chi connectivity index (χ3n) is 3.61. The molecule has 0 radical (unpaired) electrons. The number of phenols is 1. The molecule has 2 aromatic rings. The lowest BCUT2D eigenvalue weighted by Gasteiger charge is -2.10. The van der Waals surface area contributed by atoms with Crippen molar-refractivity contribution in [3.8, 4) is 11.5 Å². The van der Waals surface area contributed by atoms with Gasteiger partial charge in [0.05, 0.1) is 18.8 Å². The monoisotopic (exact) mass is 282 g/mol. The van der Waals surface area contributed by atoms with E-state index < -0.39 is 0 Å². The van der Waals surface area contributed by atoms with Crippen LogP contribution in [0.25, 0.3) is 5.70 Å². The van der Waals surface area contributed by atoms with Gasteiger partial charge in [-0.2, -0.15) is 0 Å². The average Bonchev–Trinajstić information content (AvgIpc) is 2.99. The number of methoxy groups -OCH3 is 1. The van der Waals surface area contributed by atoms with Crippen LogP contribution in [0.3, 0.4) is 0 Å². The molecule has 1 heterocycles. The maximum Gasteiger partial charge on any atom is 0.124 e. The molecular formula is C17H18N2O2. The summed E-state index contributed by atoms with van der Waals surface area (Å²) in [4.78, 5) is 0. The molecule has 21 heavy (non-hydrogen) atoms. The van der Waals surface area contributed by atoms with Gasteiger partial charge in [0, 0.05) is 5.56 Å². The second-order valence-electron chi connectivity index (χ2n) is 5.12. The summed E-state index contributed by atoms with van der Waals surface area (Å²) in [6, 6.07) is 13.6. The largest absolute Gasteiger partial charge is 0.507 e. The van der Waals surface area contributed by atoms with Crippen molar-refractivity contribution < 1.29 is 9.84 Å². The Hall–Kier alpha value is -2.46. The number of hydrazine groups is 1. The van der Waals surface area contributed by atoms with Gasteiger partial charge >= 0.3 is 0 Å². The van der Waals surface area contributed by atoms with Crippen LogP contribution in [0.5, 0.6) is 11.5 Å². The number of hydrogen-bond acceptors (Lipinski definition) is 4. The highest BCUT2D eigenvalue weighted by Gasteiger charge is 2.19. The van der Waals surface area contributed by atoms with Crippen molar-refractivity contribution in [2.24, 2.45) is 0 Å². The number of aromatic hydroxyl groups is 1. The molecule has 3 N–H and O–H groups in total. The standard InChI is InChI=1S/C17H18N2O2/c1-11-3-8-17(20)14(9-11)16-10-15(18-19-16)12-4-6-13(21-2)7-5-12/h3-10,15,18-20H,1-2H3/t15-/m0/s1. The zero-order valence-electron chi connectivity index (χ0n) is 12.1. The summed E-state index contributed by atoms with van der Waals surface area (Å²) in [5.41, 5.74) is 10.3. The van der Waals surface area contributed by atoms with Gasteiger partial charge in [-0.25, -0.2) is 5.43 Å². The highest BCUT2D eigenvalue weighted by Crippen LogP contribution is 2.30. The number of ether oxygens (including phenoxy) is 1. The Morgan fingerprint density at radius 3 is 2.57 bits per heavy atom. The van der Waals surface area contributed by atoms with E-state index >= 15 is 0 Å². The van der Waals surface area contributed by atoms with Gasteiger partial charge in [0.2, 0.25) is 0 Å². The van der Waals surface area contributed by atoms with Crippen molar-refractivity contribution in [3.63, 3.8) is 0 Å². The van der Waals surface area contributed by atoms with Crippen molar-refractivity contribution in [2.75, 3.05) is 7.11 Å². The molecule has 0 fully saturated rings. The molecule has 4 nitrogen and oxygen atoms in total. The predicted octanol–water partition coefficient (Wildman–Crippen LogP) is 2.90. The van der Waals surface area contributed by atoms with Crippen LogP contribution in [0.15, 0.2) is 48.5 Å². The van der Waals surface area contributed by atoms with Gasteiger partial charge in [-0.15, -0.1) is 0 Å². The zero-order chi connectivity index (χ0) is 14.8. The summed E-state index contributed by atoms with van der Waals surface area (Å²) in [6.45, 7) is 2.01. The van der Waals surface area contributed by atoms with Crippen LogP contribution in [-0.4, -0.2) is 12.2 Å². The molecule has 2 aromatic carbocycles. The van der Waals surface area contributed by atoms with Gasteiger partial charge in [-0.05, 0) is 42.8 Å². The van der Waals surface area contributed by atoms with E-state index in [2.05, 4.69) is 16.9 Å². The highest BCUT2D eigenvalue weighted by molar-refractivity contribution is 5.71. The van der Waals surface area contributed by atoms with E-state index in [1.165, 1.54) is 0 Å². The average molecular weight is 282 g/mol. The van der Waals surface area contributed by atoms with E-state index in [0.717, 1.165) is 28.1 Å². The van der Waals surface area contributed by atoms with Crippen LogP contribution >= 0.6 is 0 Å². The molecular weight excluding hydrogens is 264 g/mol. The van der Waals surface area contributed by atoms with Crippen LogP contribution in [0.1, 0.15) is 22.7 Å². The van der Waals surface area contributed by atoms with E-state index in [0.29, 0.717) is 0 Å². The number of hydrogen-bond donors (Lipinski definition) is 3. The van der Waals surface area contributed by atoms with Crippen molar-refractivity contribution in [1.82, 2.24) is 10.9 Å². The fourth-order valence-corrected chi connectivity index (χ4v) is 2.42. The van der Waals surface area contributed by atoms with Gasteiger partial charge in [0.1, 0.15) is 11.5 Å². The quantitative estimate of drug-likeness (QED) is 0.810. The first-order valence-corrected chi connectivity index (χ1v) is 6.84. The number of benzene rings is 2. The maximum absolute atomic E-state index is 10.00. The van der Waals surface area contributed by atoms with E-state index in [9.17, 15) is 5.11 Å². The fourth-order valence-electron chi connectivity index (χ4n) is 2.42. The molecule has 0 amide bonds. The third kappa shape index (κ3) is 2.71. The fraction of sp³-hybridized carbons (Fsp3) is 0.176. The van der Waals surface area contributed by atoms with Crippen LogP contribution in [0.2, 0.25) is 0 Å². The zero-order valence-corrected chi connectivity index (χ0v) is 12.1. The lowest BCUT2D eigenvalue weighted by atomic mass is 10.0. The number of aryl methyl sites for hydroxylation is 1. The summed E-state index contributed by atoms with van der Waals surface area (Å²) < 4.78 is 5.17. The first-order valence-electron chi connectivity index (χ1n) is 6.84. The molecule has 4 heteroatoms. The lowest BCUT2D eigenvalue weighted by Crippen LogP contribution is -2.26. The first kappa shape index (κ1) is 13.5. The molecule has 3 rings (SSSR count). The Labute approximate surface area is 124 Å². The van der Waals surface area contributed by atoms with Crippen molar-refractivity contribution in [1.29, 1.82) is 0 Å². The molecule has 0 aliphatic carbocycles. The van der Waals surface area contributed by atoms with Gasteiger partial charge in [-0.3, -0.25) is 0 Å². The summed E-state index contributed by atoms with van der Waals surface area (Å²) >= 11 is 0. The minimum Gasteiger partial charge on any atom is -0.507 e. The second kappa shape index (κ2) is 5.50. The Morgan fingerprint density at radius 2 is 1.86 bits per heavy atom. The summed E-state index contributed by atoms with van der Waals surface area (Å²) in [7, 11) is 1.66. The second-order valence-corrected chi connectivity index (χ2v) is 5.12. The van der Waals surface area contributed by atoms with Crippen LogP contribution in [0, 0.1) is 6.92 Å². The van der Waals surface area contributed by atoms with Crippen molar-refractivity contribution >= 4 is 5.70 Å². The summed E-state index contributed by atoms with van der Waals surface area (Å²) in [6.07, 6.45) is 2.07. The number of phenolic OH excluding ortho intramolecular Hbond substituents is 1. The van der Waals surface area contributed by atoms with Crippen LogP contribution < -0.4 is 15.6 Å². The van der Waals surface area contributed by atoms with Crippen molar-refractivity contribution in [2.45, 2.75) is 13.0 Å². The topological polar surface area (TPSA) is 53.5 Å². The molecule has 0 spiro atoms. The molecule has 0 unspecified atom stereocenters. The molecule has 0 bridgehead atoms. The normalized spacial score (nSPS) is 17.2. The number of nitrogens with one attached hydrogen (secondary N) is 2. The molecule has 0 aromatic heterocycles. The Bertz CT molecular complexity index is 678. The third-order valence-corrected chi connectivity index (χ3v) is 3.61. The Balaban J connectivity index is 1.87. The first-order chi connectivity index (χ1) is 10.2. The maximum atomic E-state index is 10.00. The van der Waals surface area contributed by atoms with Gasteiger partial charge in [-0.1, -0.05) is 23.8 Å². The smallest absolute Gasteiger partial charge is 0.124 e. The van der Waals surface area contributed by atoms with E-state index in [4.69, 9.17) is 4.74 Å².